The maximum Gasteiger partial charge on any atom is 0.313 e. The maximum absolute atomic E-state index is 14.0. The minimum atomic E-state index is -0.558. The van der Waals surface area contributed by atoms with Crippen LogP contribution in [0.3, 0.4) is 0 Å². The fourth-order valence-electron chi connectivity index (χ4n) is 3.51. The molecule has 4 nitrogen and oxygen atoms in total. The summed E-state index contributed by atoms with van der Waals surface area (Å²) in [6.45, 7) is 3.90. The van der Waals surface area contributed by atoms with E-state index < -0.39 is 23.3 Å². The summed E-state index contributed by atoms with van der Waals surface area (Å²) in [6, 6.07) is 21.0. The highest BCUT2D eigenvalue weighted by Crippen LogP contribution is 2.55. The number of halogens is 2. The van der Waals surface area contributed by atoms with Crippen molar-refractivity contribution in [2.24, 2.45) is 11.3 Å². The van der Waals surface area contributed by atoms with Gasteiger partial charge in [0.15, 0.2) is 11.6 Å². The average molecular weight is 441 g/mol. The Morgan fingerprint density at radius 3 is 2.48 bits per heavy atom. The summed E-state index contributed by atoms with van der Waals surface area (Å²) in [5.74, 6) is 0.0443. The van der Waals surface area contributed by atoms with Crippen molar-refractivity contribution < 1.29 is 23.4 Å². The van der Waals surface area contributed by atoms with Crippen molar-refractivity contribution in [2.45, 2.75) is 26.6 Å². The summed E-state index contributed by atoms with van der Waals surface area (Å²) in [5.41, 5.74) is 0.350. The smallest absolute Gasteiger partial charge is 0.313 e. The molecule has 0 heterocycles. The first kappa shape index (κ1) is 21.2. The van der Waals surface area contributed by atoms with E-state index >= 15 is 0 Å². The molecule has 2 atom stereocenters. The molecule has 0 amide bonds. The van der Waals surface area contributed by atoms with Crippen LogP contribution in [-0.4, -0.2) is 12.1 Å². The summed E-state index contributed by atoms with van der Waals surface area (Å²) in [4.78, 5) is 12.7. The molecule has 1 fully saturated rings. The van der Waals surface area contributed by atoms with Crippen LogP contribution in [0.1, 0.15) is 19.4 Å². The summed E-state index contributed by atoms with van der Waals surface area (Å²) < 4.78 is 31.1. The van der Waals surface area contributed by atoms with E-state index in [4.69, 9.17) is 25.8 Å². The van der Waals surface area contributed by atoms with Crippen molar-refractivity contribution in [2.75, 3.05) is 0 Å². The van der Waals surface area contributed by atoms with Crippen LogP contribution in [0, 0.1) is 17.2 Å². The van der Waals surface area contributed by atoms with Gasteiger partial charge in [-0.15, -0.1) is 0 Å². The number of esters is 1. The number of carbonyl (C=O) groups is 1. The second-order valence-electron chi connectivity index (χ2n) is 8.08. The van der Waals surface area contributed by atoms with Crippen molar-refractivity contribution in [1.29, 1.82) is 0 Å². The molecule has 0 N–H and O–H groups in total. The van der Waals surface area contributed by atoms with Gasteiger partial charge in [-0.1, -0.05) is 55.8 Å². The molecule has 1 aliphatic rings. The number of hydrogen-bond donors (Lipinski definition) is 0. The normalized spacial score (nSPS) is 18.8. The van der Waals surface area contributed by atoms with Gasteiger partial charge in [-0.05, 0) is 48.0 Å². The van der Waals surface area contributed by atoms with E-state index in [1.807, 2.05) is 68.4 Å². The van der Waals surface area contributed by atoms with E-state index in [0.29, 0.717) is 5.75 Å². The summed E-state index contributed by atoms with van der Waals surface area (Å²) in [5, 5.41) is 0.286. The lowest BCUT2D eigenvalue weighted by Crippen LogP contribution is -2.12. The molecular weight excluding hydrogens is 419 g/mol. The molecular formula is C25H22ClFO4. The molecule has 1 aliphatic carbocycles. The van der Waals surface area contributed by atoms with Crippen molar-refractivity contribution >= 4 is 17.6 Å². The number of hydrogen-bond acceptors (Lipinski definition) is 4. The van der Waals surface area contributed by atoms with Crippen LogP contribution in [0.2, 0.25) is 5.02 Å². The molecule has 1 saturated carbocycles. The topological polar surface area (TPSA) is 44.8 Å². The van der Waals surface area contributed by atoms with Crippen LogP contribution in [0.4, 0.5) is 4.39 Å². The minimum Gasteiger partial charge on any atom is -0.486 e. The third kappa shape index (κ3) is 4.83. The molecule has 160 valence electrons. The van der Waals surface area contributed by atoms with E-state index in [9.17, 15) is 9.18 Å². The molecule has 31 heavy (non-hydrogen) atoms. The molecule has 3 aromatic rings. The highest BCUT2D eigenvalue weighted by molar-refractivity contribution is 6.30. The maximum atomic E-state index is 14.0. The van der Waals surface area contributed by atoms with E-state index in [0.717, 1.165) is 11.3 Å². The number of rotatable bonds is 7. The third-order valence-corrected chi connectivity index (χ3v) is 5.62. The Labute approximate surface area is 185 Å². The zero-order valence-electron chi connectivity index (χ0n) is 17.2. The predicted octanol–water partition coefficient (Wildman–Crippen LogP) is 6.42. The Balaban J connectivity index is 1.36. The number of benzene rings is 3. The zero-order valence-corrected chi connectivity index (χ0v) is 17.9. The Bertz CT molecular complexity index is 1080. The van der Waals surface area contributed by atoms with Gasteiger partial charge in [0.25, 0.3) is 0 Å². The monoisotopic (exact) mass is 440 g/mol. The highest BCUT2D eigenvalue weighted by Gasteiger charge is 2.65. The first-order valence-corrected chi connectivity index (χ1v) is 10.3. The van der Waals surface area contributed by atoms with Gasteiger partial charge in [-0.3, -0.25) is 4.79 Å². The van der Waals surface area contributed by atoms with Gasteiger partial charge in [0, 0.05) is 10.4 Å². The SMILES string of the molecule is CC1(C)C(Oc2ccc(Cl)cc2F)C1C(=O)OCc1cccc(Oc2ccccc2)c1. The zero-order chi connectivity index (χ0) is 22.0. The first-order valence-electron chi connectivity index (χ1n) is 9.95. The van der Waals surface area contributed by atoms with Crippen molar-refractivity contribution in [3.8, 4) is 17.2 Å². The lowest BCUT2D eigenvalue weighted by Gasteiger charge is -2.09. The van der Waals surface area contributed by atoms with E-state index in [-0.39, 0.29) is 23.3 Å². The Morgan fingerprint density at radius 2 is 1.74 bits per heavy atom. The quantitative estimate of drug-likeness (QED) is 0.398. The Morgan fingerprint density at radius 1 is 1.00 bits per heavy atom. The van der Waals surface area contributed by atoms with Crippen LogP contribution < -0.4 is 9.47 Å². The lowest BCUT2D eigenvalue weighted by atomic mass is 10.1. The van der Waals surface area contributed by atoms with Crippen LogP contribution in [0.5, 0.6) is 17.2 Å². The largest absolute Gasteiger partial charge is 0.486 e. The first-order chi connectivity index (χ1) is 14.8. The molecule has 6 heteroatoms. The van der Waals surface area contributed by atoms with Gasteiger partial charge in [-0.2, -0.15) is 0 Å². The fraction of sp³-hybridized carbons (Fsp3) is 0.240. The Kier molecular flexibility index (Phi) is 5.88. The van der Waals surface area contributed by atoms with Crippen LogP contribution in [0.25, 0.3) is 0 Å². The second-order valence-corrected chi connectivity index (χ2v) is 8.52. The predicted molar refractivity (Wildman–Crippen MR) is 116 cm³/mol. The van der Waals surface area contributed by atoms with Gasteiger partial charge >= 0.3 is 5.97 Å². The lowest BCUT2D eigenvalue weighted by molar-refractivity contribution is -0.147. The van der Waals surface area contributed by atoms with Crippen LogP contribution in [-0.2, 0) is 16.1 Å². The van der Waals surface area contributed by atoms with Crippen molar-refractivity contribution in [3.63, 3.8) is 0 Å². The third-order valence-electron chi connectivity index (χ3n) is 5.39. The molecule has 0 saturated heterocycles. The van der Waals surface area contributed by atoms with Gasteiger partial charge in [-0.25, -0.2) is 4.39 Å². The molecule has 0 aliphatic heterocycles. The van der Waals surface area contributed by atoms with E-state index in [1.165, 1.54) is 12.1 Å². The molecule has 0 aromatic heterocycles. The minimum absolute atomic E-state index is 0.0727. The highest BCUT2D eigenvalue weighted by atomic mass is 35.5. The summed E-state index contributed by atoms with van der Waals surface area (Å²) >= 11 is 5.78. The number of ether oxygens (including phenoxy) is 3. The van der Waals surface area contributed by atoms with E-state index in [2.05, 4.69) is 0 Å². The van der Waals surface area contributed by atoms with Gasteiger partial charge in [0.2, 0.25) is 0 Å². The number of carbonyl (C=O) groups excluding carboxylic acids is 1. The van der Waals surface area contributed by atoms with Crippen molar-refractivity contribution in [1.82, 2.24) is 0 Å². The second kappa shape index (κ2) is 8.60. The molecule has 0 bridgehead atoms. The van der Waals surface area contributed by atoms with Crippen LogP contribution in [0.15, 0.2) is 72.8 Å². The van der Waals surface area contributed by atoms with Gasteiger partial charge in [0.05, 0.1) is 0 Å². The van der Waals surface area contributed by atoms with Gasteiger partial charge < -0.3 is 14.2 Å². The molecule has 0 spiro atoms. The molecule has 4 rings (SSSR count). The molecule has 0 radical (unpaired) electrons. The van der Waals surface area contributed by atoms with Crippen LogP contribution >= 0.6 is 11.6 Å². The van der Waals surface area contributed by atoms with Gasteiger partial charge in [0.1, 0.15) is 30.1 Å². The summed E-state index contributed by atoms with van der Waals surface area (Å²) in [6.07, 6.45) is -0.469. The Hall–Kier alpha value is -3.05. The number of para-hydroxylation sites is 1. The van der Waals surface area contributed by atoms with E-state index in [1.54, 1.807) is 6.07 Å². The summed E-state index contributed by atoms with van der Waals surface area (Å²) in [7, 11) is 0. The molecule has 3 aromatic carbocycles. The van der Waals surface area contributed by atoms with Crippen molar-refractivity contribution in [3.05, 3.63) is 89.2 Å². The fourth-order valence-corrected chi connectivity index (χ4v) is 3.67. The average Bonchev–Trinajstić information content (AvgIpc) is 3.29. The standard InChI is InChI=1S/C25H22ClFO4/c1-25(2)22(23(25)31-21-12-11-17(26)14-20(21)27)24(28)29-15-16-7-6-10-19(13-16)30-18-8-4-3-5-9-18/h3-14,22-23H,15H2,1-2H3. The molecule has 2 unspecified atom stereocenters.